The van der Waals surface area contributed by atoms with E-state index in [1.165, 1.54) is 11.3 Å². The second kappa shape index (κ2) is 8.66. The predicted molar refractivity (Wildman–Crippen MR) is 114 cm³/mol. The van der Waals surface area contributed by atoms with Gasteiger partial charge in [-0.1, -0.05) is 6.07 Å². The molecule has 1 aromatic heterocycles. The number of carbonyl (C=O) groups excluding carboxylic acids is 4. The van der Waals surface area contributed by atoms with E-state index in [2.05, 4.69) is 5.32 Å². The third kappa shape index (κ3) is 5.01. The fourth-order valence-electron chi connectivity index (χ4n) is 3.43. The Morgan fingerprint density at radius 2 is 1.97 bits per heavy atom. The Balaban J connectivity index is 1.90. The Hall–Kier alpha value is -2.73. The first-order valence-electron chi connectivity index (χ1n) is 9.75. The van der Waals surface area contributed by atoms with Gasteiger partial charge >= 0.3 is 11.9 Å². The van der Waals surface area contributed by atoms with Crippen LogP contribution in [-0.4, -0.2) is 66.4 Å². The molecule has 0 radical (unpaired) electrons. The van der Waals surface area contributed by atoms with Gasteiger partial charge in [0.2, 0.25) is 5.91 Å². The average molecular weight is 485 g/mol. The van der Waals surface area contributed by atoms with Gasteiger partial charge in [-0.3, -0.25) is 19.3 Å². The van der Waals surface area contributed by atoms with Crippen LogP contribution in [0.2, 0.25) is 0 Å². The van der Waals surface area contributed by atoms with Gasteiger partial charge in [-0.15, -0.1) is 11.3 Å². The molecule has 174 valence electrons. The van der Waals surface area contributed by atoms with Crippen molar-refractivity contribution in [2.45, 2.75) is 51.1 Å². The van der Waals surface area contributed by atoms with Gasteiger partial charge in [0.15, 0.2) is 15.2 Å². The number of hydrogen-bond acceptors (Lipinski definition) is 9. The van der Waals surface area contributed by atoms with Crippen LogP contribution in [0.25, 0.3) is 0 Å². The van der Waals surface area contributed by atoms with Crippen molar-refractivity contribution in [3.63, 3.8) is 0 Å². The van der Waals surface area contributed by atoms with E-state index in [9.17, 15) is 27.6 Å². The Bertz CT molecular complexity index is 1080. The molecule has 2 aliphatic rings. The molecule has 0 aliphatic carbocycles. The lowest BCUT2D eigenvalue weighted by atomic mass is 10.0. The number of thiophene rings is 1. The van der Waals surface area contributed by atoms with Crippen LogP contribution in [0.15, 0.2) is 28.8 Å². The molecular formula is C20H24N2O8S2. The van der Waals surface area contributed by atoms with Crippen LogP contribution in [0, 0.1) is 0 Å². The van der Waals surface area contributed by atoms with Gasteiger partial charge < -0.3 is 14.8 Å². The van der Waals surface area contributed by atoms with E-state index in [1.54, 1.807) is 38.3 Å². The zero-order valence-corrected chi connectivity index (χ0v) is 19.7. The van der Waals surface area contributed by atoms with Crippen LogP contribution >= 0.6 is 11.3 Å². The van der Waals surface area contributed by atoms with Crippen LogP contribution in [0.1, 0.15) is 32.6 Å². The van der Waals surface area contributed by atoms with Crippen LogP contribution in [0.4, 0.5) is 0 Å². The fraction of sp³-hybridized carbons (Fsp3) is 0.500. The molecule has 0 spiro atoms. The molecule has 0 aromatic carbocycles. The second-order valence-corrected chi connectivity index (χ2v) is 11.6. The van der Waals surface area contributed by atoms with E-state index < -0.39 is 63.0 Å². The highest BCUT2D eigenvalue weighted by molar-refractivity contribution is 7.92. The number of fused-ring (bicyclic) bond motifs is 1. The third-order valence-electron chi connectivity index (χ3n) is 4.64. The monoisotopic (exact) mass is 484 g/mol. The lowest BCUT2D eigenvalue weighted by Crippen LogP contribution is -2.75. The number of ether oxygens (including phenoxy) is 2. The molecule has 3 rings (SSSR count). The second-order valence-electron chi connectivity index (χ2n) is 8.44. The molecule has 1 saturated heterocycles. The Morgan fingerprint density at radius 1 is 1.28 bits per heavy atom. The van der Waals surface area contributed by atoms with Crippen molar-refractivity contribution in [1.82, 2.24) is 10.2 Å². The maximum Gasteiger partial charge on any atom is 0.355 e. The molecule has 0 saturated carbocycles. The van der Waals surface area contributed by atoms with Crippen molar-refractivity contribution in [3.05, 3.63) is 33.7 Å². The molecule has 2 atom stereocenters. The Kier molecular flexibility index (Phi) is 6.47. The highest BCUT2D eigenvalue weighted by Crippen LogP contribution is 2.38. The topological polar surface area (TPSA) is 136 Å². The first-order chi connectivity index (χ1) is 14.8. The largest absolute Gasteiger partial charge is 0.461 e. The molecule has 2 aliphatic heterocycles. The highest BCUT2D eigenvalue weighted by Gasteiger charge is 2.61. The lowest BCUT2D eigenvalue weighted by Gasteiger charge is -2.49. The van der Waals surface area contributed by atoms with Crippen molar-refractivity contribution in [2.75, 3.05) is 12.4 Å². The Morgan fingerprint density at radius 3 is 2.53 bits per heavy atom. The van der Waals surface area contributed by atoms with Crippen LogP contribution in [0.5, 0.6) is 0 Å². The van der Waals surface area contributed by atoms with Gasteiger partial charge in [0.25, 0.3) is 5.91 Å². The molecule has 0 bridgehead atoms. The number of β-lactam (4-membered cyclic amide) rings is 1. The van der Waals surface area contributed by atoms with Gasteiger partial charge in [0, 0.05) is 17.4 Å². The minimum atomic E-state index is -3.98. The summed E-state index contributed by atoms with van der Waals surface area (Å²) in [5, 5.41) is 2.83. The normalized spacial score (nSPS) is 22.0. The van der Waals surface area contributed by atoms with Crippen molar-refractivity contribution >= 4 is 44.9 Å². The molecule has 1 fully saturated rings. The number of sulfone groups is 1. The molecule has 3 heterocycles. The molecule has 2 amide bonds. The number of hydrogen-bond donors (Lipinski definition) is 1. The van der Waals surface area contributed by atoms with Gasteiger partial charge in [-0.2, -0.15) is 0 Å². The number of nitrogens with one attached hydrogen (secondary N) is 1. The highest BCUT2D eigenvalue weighted by atomic mass is 32.2. The summed E-state index contributed by atoms with van der Waals surface area (Å²) in [6.45, 7) is 5.54. The van der Waals surface area contributed by atoms with Crippen LogP contribution < -0.4 is 5.32 Å². The summed E-state index contributed by atoms with van der Waals surface area (Å²) in [7, 11) is -3.98. The van der Waals surface area contributed by atoms with Crippen molar-refractivity contribution in [3.8, 4) is 0 Å². The minimum Gasteiger partial charge on any atom is -0.461 e. The van der Waals surface area contributed by atoms with Gasteiger partial charge in [-0.25, -0.2) is 13.2 Å². The fourth-order valence-corrected chi connectivity index (χ4v) is 6.14. The van der Waals surface area contributed by atoms with E-state index >= 15 is 0 Å². The number of esters is 2. The van der Waals surface area contributed by atoms with E-state index in [1.807, 2.05) is 0 Å². The van der Waals surface area contributed by atoms with E-state index in [0.29, 0.717) is 0 Å². The van der Waals surface area contributed by atoms with Gasteiger partial charge in [0.1, 0.15) is 23.9 Å². The van der Waals surface area contributed by atoms with Crippen LogP contribution in [-0.2, 0) is 44.9 Å². The SMILES string of the molecule is CC(=O)OCC1=C(C(=O)OC(C)(C)C)N2C(=O)[C@H](NC(=O)Cc3cccs3)[C@H]2S(=O)(=O)C1. The summed E-state index contributed by atoms with van der Waals surface area (Å²) >= 11 is 1.36. The lowest BCUT2D eigenvalue weighted by molar-refractivity contribution is -0.159. The molecule has 0 unspecified atom stereocenters. The first-order valence-corrected chi connectivity index (χ1v) is 12.3. The summed E-state index contributed by atoms with van der Waals surface area (Å²) in [5.41, 5.74) is -1.23. The molecule has 1 N–H and O–H groups in total. The summed E-state index contributed by atoms with van der Waals surface area (Å²) < 4.78 is 36.1. The van der Waals surface area contributed by atoms with E-state index in [0.717, 1.165) is 16.7 Å². The number of amides is 2. The molecule has 10 nitrogen and oxygen atoms in total. The zero-order chi connectivity index (χ0) is 23.8. The standard InChI is InChI=1S/C20H24N2O8S2/c1-11(23)29-9-12-10-32(27,28)18-15(21-14(24)8-13-6-5-7-31-13)17(25)22(18)16(12)19(26)30-20(2,3)4/h5-7,15,18H,8-10H2,1-4H3,(H,21,24)/t15-,18+/m0/s1. The van der Waals surface area contributed by atoms with E-state index in [4.69, 9.17) is 9.47 Å². The summed E-state index contributed by atoms with van der Waals surface area (Å²) in [4.78, 5) is 50.9. The van der Waals surface area contributed by atoms with Gasteiger partial charge in [0.05, 0.1) is 12.2 Å². The average Bonchev–Trinajstić information content (AvgIpc) is 3.14. The maximum absolute atomic E-state index is 12.9. The molecular weight excluding hydrogens is 460 g/mol. The third-order valence-corrected chi connectivity index (χ3v) is 7.48. The quantitative estimate of drug-likeness (QED) is 0.456. The maximum atomic E-state index is 12.9. The predicted octanol–water partition coefficient (Wildman–Crippen LogP) is 0.531. The first kappa shape index (κ1) is 23.9. The van der Waals surface area contributed by atoms with E-state index in [-0.39, 0.29) is 17.7 Å². The smallest absolute Gasteiger partial charge is 0.355 e. The summed E-state index contributed by atoms with van der Waals surface area (Å²) in [6.07, 6.45) is 0.000673. The number of carbonyl (C=O) groups is 4. The van der Waals surface area contributed by atoms with Crippen LogP contribution in [0.3, 0.4) is 0 Å². The Labute approximate surface area is 189 Å². The minimum absolute atomic E-state index is 0.000673. The summed E-state index contributed by atoms with van der Waals surface area (Å²) in [5.74, 6) is -3.45. The molecule has 1 aromatic rings. The van der Waals surface area contributed by atoms with Gasteiger partial charge in [-0.05, 0) is 32.2 Å². The number of nitrogens with zero attached hydrogens (tertiary/aromatic N) is 1. The van der Waals surface area contributed by atoms with Crippen molar-refractivity contribution in [2.24, 2.45) is 0 Å². The van der Waals surface area contributed by atoms with Crippen molar-refractivity contribution in [1.29, 1.82) is 0 Å². The van der Waals surface area contributed by atoms with Crippen molar-refractivity contribution < 1.29 is 37.1 Å². The number of rotatable bonds is 6. The summed E-state index contributed by atoms with van der Waals surface area (Å²) in [6, 6.07) is 2.21. The molecule has 32 heavy (non-hydrogen) atoms. The molecule has 12 heteroatoms. The zero-order valence-electron chi connectivity index (χ0n) is 18.0.